The van der Waals surface area contributed by atoms with Gasteiger partial charge < -0.3 is 0 Å². The van der Waals surface area contributed by atoms with E-state index >= 15 is 0 Å². The minimum absolute atomic E-state index is 0.237. The highest BCUT2D eigenvalue weighted by Gasteiger charge is 2.08. The molecule has 0 fully saturated rings. The van der Waals surface area contributed by atoms with Gasteiger partial charge in [-0.2, -0.15) is 0 Å². The van der Waals surface area contributed by atoms with Gasteiger partial charge in [-0.25, -0.2) is 9.37 Å². The monoisotopic (exact) mass is 237 g/mol. The third-order valence-corrected chi connectivity index (χ3v) is 3.05. The van der Waals surface area contributed by atoms with Crippen LogP contribution in [0.2, 0.25) is 5.15 Å². The van der Waals surface area contributed by atoms with E-state index in [4.69, 9.17) is 11.6 Å². The van der Waals surface area contributed by atoms with Crippen molar-refractivity contribution in [3.63, 3.8) is 0 Å². The molecule has 0 bridgehead atoms. The van der Waals surface area contributed by atoms with E-state index in [2.05, 4.69) is 11.9 Å². The van der Waals surface area contributed by atoms with Gasteiger partial charge >= 0.3 is 0 Å². The molecule has 0 spiro atoms. The molecular weight excluding hydrogens is 225 g/mol. The molecule has 1 nitrogen and oxygen atoms in total. The van der Waals surface area contributed by atoms with Crippen LogP contribution in [0.25, 0.3) is 10.9 Å². The number of hydrogen-bond acceptors (Lipinski definition) is 1. The summed E-state index contributed by atoms with van der Waals surface area (Å²) in [6, 6.07) is 5.23. The number of hydrogen-bond donors (Lipinski definition) is 0. The second-order valence-corrected chi connectivity index (χ2v) is 4.29. The Morgan fingerprint density at radius 1 is 1.38 bits per heavy atom. The molecule has 1 aromatic carbocycles. The van der Waals surface area contributed by atoms with Gasteiger partial charge in [0.2, 0.25) is 0 Å². The van der Waals surface area contributed by atoms with Crippen LogP contribution in [0.3, 0.4) is 0 Å². The molecule has 84 valence electrons. The minimum atomic E-state index is -0.237. The standard InChI is InChI=1S/C13H13ClFN/c1-3-4-10-7-9-5-6-11(15)8(2)12(9)16-13(10)14/h5-7H,3-4H2,1-2H3. The largest absolute Gasteiger partial charge is 0.235 e. The Hall–Kier alpha value is -1.15. The normalized spacial score (nSPS) is 11.0. The van der Waals surface area contributed by atoms with Crippen molar-refractivity contribution >= 4 is 22.5 Å². The first kappa shape index (κ1) is 11.3. The number of rotatable bonds is 2. The maximum atomic E-state index is 13.3. The number of aromatic nitrogens is 1. The van der Waals surface area contributed by atoms with E-state index in [-0.39, 0.29) is 5.82 Å². The summed E-state index contributed by atoms with van der Waals surface area (Å²) < 4.78 is 13.3. The van der Waals surface area contributed by atoms with Crippen LogP contribution in [0.15, 0.2) is 18.2 Å². The van der Waals surface area contributed by atoms with Crippen molar-refractivity contribution in [3.8, 4) is 0 Å². The molecular formula is C13H13ClFN. The molecule has 3 heteroatoms. The first-order chi connectivity index (χ1) is 7.63. The van der Waals surface area contributed by atoms with Crippen molar-refractivity contribution in [1.82, 2.24) is 4.98 Å². The molecule has 2 aromatic rings. The van der Waals surface area contributed by atoms with Crippen LogP contribution in [0.5, 0.6) is 0 Å². The number of aryl methyl sites for hydroxylation is 2. The number of fused-ring (bicyclic) bond motifs is 1. The zero-order valence-electron chi connectivity index (χ0n) is 9.35. The third-order valence-electron chi connectivity index (χ3n) is 2.72. The number of pyridine rings is 1. The fourth-order valence-corrected chi connectivity index (χ4v) is 2.06. The van der Waals surface area contributed by atoms with E-state index in [9.17, 15) is 4.39 Å². The van der Waals surface area contributed by atoms with E-state index < -0.39 is 0 Å². The van der Waals surface area contributed by atoms with Gasteiger partial charge in [0.15, 0.2) is 0 Å². The first-order valence-electron chi connectivity index (χ1n) is 5.37. The lowest BCUT2D eigenvalue weighted by Crippen LogP contribution is -1.93. The summed E-state index contributed by atoms with van der Waals surface area (Å²) >= 11 is 6.07. The average Bonchev–Trinajstić information content (AvgIpc) is 2.26. The molecule has 0 aliphatic heterocycles. The predicted molar refractivity (Wildman–Crippen MR) is 65.4 cm³/mol. The van der Waals surface area contributed by atoms with Gasteiger partial charge in [0.1, 0.15) is 11.0 Å². The van der Waals surface area contributed by atoms with Gasteiger partial charge in [-0.05, 0) is 37.1 Å². The molecule has 0 saturated carbocycles. The molecule has 0 amide bonds. The van der Waals surface area contributed by atoms with Gasteiger partial charge in [-0.1, -0.05) is 24.9 Å². The molecule has 1 heterocycles. The van der Waals surface area contributed by atoms with Crippen LogP contribution in [0.4, 0.5) is 4.39 Å². The lowest BCUT2D eigenvalue weighted by atomic mass is 10.1. The summed E-state index contributed by atoms with van der Waals surface area (Å²) in [5, 5.41) is 1.44. The highest BCUT2D eigenvalue weighted by Crippen LogP contribution is 2.25. The third kappa shape index (κ3) is 1.90. The van der Waals surface area contributed by atoms with Gasteiger partial charge in [0, 0.05) is 10.9 Å². The maximum absolute atomic E-state index is 13.3. The fourth-order valence-electron chi connectivity index (χ4n) is 1.82. The van der Waals surface area contributed by atoms with Crippen LogP contribution in [-0.4, -0.2) is 4.98 Å². The van der Waals surface area contributed by atoms with Crippen molar-refractivity contribution in [2.45, 2.75) is 26.7 Å². The number of nitrogens with zero attached hydrogens (tertiary/aromatic N) is 1. The zero-order chi connectivity index (χ0) is 11.7. The quantitative estimate of drug-likeness (QED) is 0.710. The Balaban J connectivity index is 2.69. The molecule has 0 aliphatic rings. The van der Waals surface area contributed by atoms with Crippen LogP contribution in [0.1, 0.15) is 24.5 Å². The first-order valence-corrected chi connectivity index (χ1v) is 5.75. The Morgan fingerprint density at radius 3 is 2.81 bits per heavy atom. The van der Waals surface area contributed by atoms with Crippen LogP contribution in [-0.2, 0) is 6.42 Å². The predicted octanol–water partition coefficient (Wildman–Crippen LogP) is 4.29. The fraction of sp³-hybridized carbons (Fsp3) is 0.308. The second-order valence-electron chi connectivity index (χ2n) is 3.93. The lowest BCUT2D eigenvalue weighted by Gasteiger charge is -2.07. The Bertz CT molecular complexity index is 537. The van der Waals surface area contributed by atoms with E-state index in [0.29, 0.717) is 16.2 Å². The summed E-state index contributed by atoms with van der Waals surface area (Å²) in [4.78, 5) is 4.28. The Kier molecular flexibility index (Phi) is 3.10. The summed E-state index contributed by atoms with van der Waals surface area (Å²) in [6.07, 6.45) is 1.92. The molecule has 0 unspecified atom stereocenters. The average molecular weight is 238 g/mol. The smallest absolute Gasteiger partial charge is 0.132 e. The zero-order valence-corrected chi connectivity index (χ0v) is 10.1. The number of benzene rings is 1. The molecule has 16 heavy (non-hydrogen) atoms. The van der Waals surface area contributed by atoms with E-state index in [0.717, 1.165) is 23.8 Å². The van der Waals surface area contributed by atoms with Crippen LogP contribution < -0.4 is 0 Å². The molecule has 0 N–H and O–H groups in total. The molecule has 0 saturated heterocycles. The van der Waals surface area contributed by atoms with Gasteiger partial charge in [-0.3, -0.25) is 0 Å². The maximum Gasteiger partial charge on any atom is 0.132 e. The summed E-state index contributed by atoms with van der Waals surface area (Å²) in [7, 11) is 0. The van der Waals surface area contributed by atoms with Crippen LogP contribution in [0, 0.1) is 12.7 Å². The van der Waals surface area contributed by atoms with Crippen molar-refractivity contribution in [2.75, 3.05) is 0 Å². The number of halogens is 2. The van der Waals surface area contributed by atoms with Crippen molar-refractivity contribution in [1.29, 1.82) is 0 Å². The van der Waals surface area contributed by atoms with E-state index in [1.165, 1.54) is 6.07 Å². The summed E-state index contributed by atoms with van der Waals surface area (Å²) in [5.41, 5.74) is 2.25. The van der Waals surface area contributed by atoms with Gasteiger partial charge in [0.25, 0.3) is 0 Å². The van der Waals surface area contributed by atoms with Crippen molar-refractivity contribution in [2.24, 2.45) is 0 Å². The molecule has 2 rings (SSSR count). The van der Waals surface area contributed by atoms with Gasteiger partial charge in [-0.15, -0.1) is 0 Å². The minimum Gasteiger partial charge on any atom is -0.235 e. The SMILES string of the molecule is CCCc1cc2ccc(F)c(C)c2nc1Cl. The highest BCUT2D eigenvalue weighted by atomic mass is 35.5. The van der Waals surface area contributed by atoms with Crippen molar-refractivity contribution in [3.05, 3.63) is 40.3 Å². The molecule has 0 atom stereocenters. The van der Waals surface area contributed by atoms with Crippen LogP contribution >= 0.6 is 11.6 Å². The summed E-state index contributed by atoms with van der Waals surface area (Å²) in [6.45, 7) is 3.82. The Labute approximate surface area is 99.3 Å². The van der Waals surface area contributed by atoms with E-state index in [1.54, 1.807) is 13.0 Å². The molecule has 0 radical (unpaired) electrons. The topological polar surface area (TPSA) is 12.9 Å². The highest BCUT2D eigenvalue weighted by molar-refractivity contribution is 6.30. The van der Waals surface area contributed by atoms with Crippen molar-refractivity contribution < 1.29 is 4.39 Å². The molecule has 0 aliphatic carbocycles. The summed E-state index contributed by atoms with van der Waals surface area (Å²) in [5.74, 6) is -0.237. The van der Waals surface area contributed by atoms with E-state index in [1.807, 2.05) is 6.07 Å². The molecule has 1 aromatic heterocycles. The van der Waals surface area contributed by atoms with Gasteiger partial charge in [0.05, 0.1) is 5.52 Å². The second kappa shape index (κ2) is 4.38. The lowest BCUT2D eigenvalue weighted by molar-refractivity contribution is 0.620. The Morgan fingerprint density at radius 2 is 2.12 bits per heavy atom.